The number of carbonyl (C=O) groups is 1. The largest absolute Gasteiger partial charge is 0.464 e. The van der Waals surface area contributed by atoms with Crippen LogP contribution in [-0.2, 0) is 4.74 Å². The lowest BCUT2D eigenvalue weighted by atomic mass is 10.00. The zero-order valence-electron chi connectivity index (χ0n) is 13.6. The number of aromatic nitrogens is 1. The smallest absolute Gasteiger partial charge is 0.356 e. The highest BCUT2D eigenvalue weighted by Gasteiger charge is 2.24. The number of hydrogen-bond donors (Lipinski definition) is 2. The van der Waals surface area contributed by atoms with Gasteiger partial charge in [0, 0.05) is 12.1 Å². The van der Waals surface area contributed by atoms with E-state index in [1.54, 1.807) is 17.4 Å². The minimum Gasteiger partial charge on any atom is -0.464 e. The van der Waals surface area contributed by atoms with Crippen molar-refractivity contribution in [3.63, 3.8) is 0 Å². The Labute approximate surface area is 144 Å². The fourth-order valence-electron chi connectivity index (χ4n) is 2.12. The van der Waals surface area contributed by atoms with E-state index in [-0.39, 0.29) is 22.5 Å². The van der Waals surface area contributed by atoms with Crippen molar-refractivity contribution >= 4 is 34.8 Å². The summed E-state index contributed by atoms with van der Waals surface area (Å²) in [6, 6.07) is 7.20. The van der Waals surface area contributed by atoms with Crippen LogP contribution in [0.5, 0.6) is 0 Å². The van der Waals surface area contributed by atoms with Crippen molar-refractivity contribution in [2.75, 3.05) is 7.11 Å². The number of methoxy groups -OCH3 is 1. The lowest BCUT2D eigenvalue weighted by molar-refractivity contribution is -0.483. The van der Waals surface area contributed by atoms with Crippen LogP contribution in [-0.4, -0.2) is 23.8 Å². The molecule has 0 saturated carbocycles. The van der Waals surface area contributed by atoms with Crippen LogP contribution in [0.1, 0.15) is 29.9 Å². The molecule has 0 aliphatic rings. The highest BCUT2D eigenvalue weighted by molar-refractivity contribution is 6.35. The summed E-state index contributed by atoms with van der Waals surface area (Å²) in [5, 5.41) is 10.2. The summed E-state index contributed by atoms with van der Waals surface area (Å²) in [5.74, 6) is -0.674. The van der Waals surface area contributed by atoms with Gasteiger partial charge in [-0.1, -0.05) is 25.4 Å². The molecule has 0 spiro atoms. The van der Waals surface area contributed by atoms with Crippen LogP contribution in [0.15, 0.2) is 30.3 Å². The first-order valence-corrected chi connectivity index (χ1v) is 7.69. The summed E-state index contributed by atoms with van der Waals surface area (Å²) < 4.78 is 17.8. The summed E-state index contributed by atoms with van der Waals surface area (Å²) in [6.45, 7) is 3.74. The molecule has 0 bridgehead atoms. The summed E-state index contributed by atoms with van der Waals surface area (Å²) in [6.07, 6.45) is 0. The van der Waals surface area contributed by atoms with Gasteiger partial charge in [0.05, 0.1) is 23.4 Å². The molecule has 0 unspecified atom stereocenters. The standard InChI is InChI=1S/C17H17ClFN3O2/c1-9(2)15(20)14-12(18)8-13(17(23)24-3)22-16(14)21-11-6-4-10(19)5-7-11/h4-9,20H,1-3H3,(H,21,22)/p+1. The quantitative estimate of drug-likeness (QED) is 0.493. The van der Waals surface area contributed by atoms with Crippen LogP contribution < -0.4 is 5.32 Å². The van der Waals surface area contributed by atoms with Crippen LogP contribution in [0.2, 0.25) is 5.02 Å². The minimum absolute atomic E-state index is 0.0520. The first-order chi connectivity index (χ1) is 11.3. The molecule has 126 valence electrons. The second-order valence-corrected chi connectivity index (χ2v) is 5.91. The van der Waals surface area contributed by atoms with Gasteiger partial charge in [0.25, 0.3) is 0 Å². The second kappa shape index (κ2) is 7.51. The normalized spacial score (nSPS) is 10.8. The van der Waals surface area contributed by atoms with E-state index >= 15 is 0 Å². The van der Waals surface area contributed by atoms with Crippen LogP contribution in [0, 0.1) is 17.1 Å². The van der Waals surface area contributed by atoms with Crippen molar-refractivity contribution in [1.29, 1.82) is 5.41 Å². The maximum Gasteiger partial charge on any atom is 0.356 e. The molecule has 2 aromatic rings. The van der Waals surface area contributed by atoms with Crippen molar-refractivity contribution < 1.29 is 19.2 Å². The fraction of sp³-hybridized carbons (Fsp3) is 0.235. The Bertz CT molecular complexity index is 776. The molecule has 7 heteroatoms. The topological polar surface area (TPSA) is 79.7 Å². The van der Waals surface area contributed by atoms with Gasteiger partial charge in [0.1, 0.15) is 11.5 Å². The molecule has 0 aliphatic heterocycles. The summed E-state index contributed by atoms with van der Waals surface area (Å²) in [4.78, 5) is 16.0. The average molecular weight is 351 g/mol. The van der Waals surface area contributed by atoms with E-state index in [2.05, 4.69) is 9.72 Å². The van der Waals surface area contributed by atoms with Gasteiger partial charge < -0.3 is 10.1 Å². The van der Waals surface area contributed by atoms with E-state index in [0.717, 1.165) is 0 Å². The third kappa shape index (κ3) is 3.96. The Hall–Kier alpha value is -2.31. The summed E-state index contributed by atoms with van der Waals surface area (Å²) in [5.41, 5.74) is 1.48. The van der Waals surface area contributed by atoms with Crippen LogP contribution in [0.3, 0.4) is 0 Å². The van der Waals surface area contributed by atoms with E-state index in [9.17, 15) is 9.18 Å². The summed E-state index contributed by atoms with van der Waals surface area (Å²) in [7, 11) is 1.26. The molecule has 1 aromatic heterocycles. The highest BCUT2D eigenvalue weighted by atomic mass is 35.5. The van der Waals surface area contributed by atoms with E-state index in [1.165, 1.54) is 25.3 Å². The zero-order chi connectivity index (χ0) is 17.9. The fourth-order valence-corrected chi connectivity index (χ4v) is 2.42. The molecule has 0 atom stereocenters. The minimum atomic E-state index is -0.617. The van der Waals surface area contributed by atoms with E-state index in [1.807, 2.05) is 13.8 Å². The average Bonchev–Trinajstić information content (AvgIpc) is 2.55. The number of halogens is 2. The molecule has 1 heterocycles. The molecule has 1 aromatic carbocycles. The third-order valence-electron chi connectivity index (χ3n) is 3.41. The molecule has 2 rings (SSSR count). The van der Waals surface area contributed by atoms with Gasteiger partial charge in [-0.15, -0.1) is 0 Å². The molecule has 0 radical (unpaired) electrons. The molecule has 0 fully saturated rings. The molecular formula is C17H18ClFN3O2+. The van der Waals surface area contributed by atoms with Crippen molar-refractivity contribution in [2.45, 2.75) is 13.8 Å². The van der Waals surface area contributed by atoms with Gasteiger partial charge in [-0.3, -0.25) is 5.32 Å². The second-order valence-electron chi connectivity index (χ2n) is 5.51. The first kappa shape index (κ1) is 18.0. The monoisotopic (exact) mass is 350 g/mol. The van der Waals surface area contributed by atoms with Crippen molar-refractivity contribution in [3.8, 4) is 0 Å². The number of nitrogens with two attached hydrogens (primary N) is 1. The lowest BCUT2D eigenvalue weighted by Gasteiger charge is -2.13. The highest BCUT2D eigenvalue weighted by Crippen LogP contribution is 2.25. The molecule has 0 amide bonds. The number of nitrogens with one attached hydrogen (secondary N) is 1. The Morgan fingerprint density at radius 3 is 2.50 bits per heavy atom. The Kier molecular flexibility index (Phi) is 5.64. The number of esters is 1. The third-order valence-corrected chi connectivity index (χ3v) is 3.71. The van der Waals surface area contributed by atoms with Gasteiger partial charge in [0.2, 0.25) is 5.82 Å². The number of quaternary nitrogens is 1. The van der Waals surface area contributed by atoms with Crippen molar-refractivity contribution in [3.05, 3.63) is 52.4 Å². The molecule has 24 heavy (non-hydrogen) atoms. The van der Waals surface area contributed by atoms with Gasteiger partial charge in [-0.25, -0.2) is 9.18 Å². The van der Waals surface area contributed by atoms with Crippen LogP contribution in [0.4, 0.5) is 15.9 Å². The van der Waals surface area contributed by atoms with Gasteiger partial charge in [-0.2, -0.15) is 4.98 Å². The molecule has 0 saturated heterocycles. The molecule has 5 nitrogen and oxygen atoms in total. The number of benzene rings is 1. The lowest BCUT2D eigenvalue weighted by Crippen LogP contribution is -2.72. The molecule has 0 aliphatic carbocycles. The van der Waals surface area contributed by atoms with Crippen molar-refractivity contribution in [2.24, 2.45) is 5.92 Å². The van der Waals surface area contributed by atoms with Gasteiger partial charge >= 0.3 is 5.97 Å². The van der Waals surface area contributed by atoms with Gasteiger partial charge in [-0.05, 0) is 24.1 Å². The predicted octanol–water partition coefficient (Wildman–Crippen LogP) is 3.21. The first-order valence-electron chi connectivity index (χ1n) is 7.31. The molecular weight excluding hydrogens is 333 g/mol. The number of carbonyl (C=O) groups excluding carboxylic acids is 1. The Morgan fingerprint density at radius 1 is 1.33 bits per heavy atom. The van der Waals surface area contributed by atoms with E-state index in [4.69, 9.17) is 17.0 Å². The van der Waals surface area contributed by atoms with Crippen LogP contribution >= 0.6 is 11.6 Å². The number of hydrogen-bond acceptors (Lipinski definition) is 4. The maximum atomic E-state index is 13.1. The van der Waals surface area contributed by atoms with Crippen LogP contribution in [0.25, 0.3) is 0 Å². The SMILES string of the molecule is COC(=O)c1cc(Cl)c(C(=N)C(C)C)c([NH2+]c2ccc(F)cc2)n1. The maximum absolute atomic E-state index is 13.1. The number of nitrogens with zero attached hydrogens (tertiary/aromatic N) is 1. The zero-order valence-corrected chi connectivity index (χ0v) is 14.3. The Balaban J connectivity index is 2.55. The van der Waals surface area contributed by atoms with Crippen molar-refractivity contribution in [1.82, 2.24) is 4.98 Å². The number of pyridine rings is 1. The molecule has 3 N–H and O–H groups in total. The summed E-state index contributed by atoms with van der Waals surface area (Å²) >= 11 is 6.30. The van der Waals surface area contributed by atoms with Gasteiger partial charge in [0.15, 0.2) is 5.69 Å². The Morgan fingerprint density at radius 2 is 1.96 bits per heavy atom. The predicted molar refractivity (Wildman–Crippen MR) is 89.9 cm³/mol. The number of rotatable bonds is 5. The number of ether oxygens (including phenoxy) is 1. The van der Waals surface area contributed by atoms with E-state index < -0.39 is 5.97 Å². The van der Waals surface area contributed by atoms with E-state index in [0.29, 0.717) is 22.8 Å².